The minimum atomic E-state index is -0.326. The normalized spacial score (nSPS) is 16.8. The van der Waals surface area contributed by atoms with Crippen molar-refractivity contribution in [3.8, 4) is 0 Å². The number of halogens is 1. The third-order valence-corrected chi connectivity index (χ3v) is 6.87. The molecule has 1 aliphatic heterocycles. The molecule has 4 aromatic rings. The smallest absolute Gasteiger partial charge is 0.248 e. The lowest BCUT2D eigenvalue weighted by Crippen LogP contribution is -2.29. The van der Waals surface area contributed by atoms with Crippen LogP contribution in [-0.2, 0) is 9.59 Å². The predicted molar refractivity (Wildman–Crippen MR) is 156 cm³/mol. The molecule has 9 heteroatoms. The second-order valence-electron chi connectivity index (χ2n) is 9.24. The highest BCUT2D eigenvalue weighted by Crippen LogP contribution is 2.35. The number of carbonyl (C=O) groups is 2. The standard InChI is InChI=1S/C30H27ClN6O2/c31-22-11-13-23(14-12-22)35-29(39)25-19-37(30-33-16-3-17-34-30)18-24(25)21-9-6-20(7-10-21)8-15-28(38)36-27-5-2-1-4-26(27)32/h1-17,24-25H,18-19,32H2,(H,35,39)(H,36,38)/b15-8+. The van der Waals surface area contributed by atoms with E-state index in [4.69, 9.17) is 17.3 Å². The van der Waals surface area contributed by atoms with Crippen molar-refractivity contribution in [3.05, 3.63) is 113 Å². The summed E-state index contributed by atoms with van der Waals surface area (Å²) in [5, 5.41) is 6.41. The van der Waals surface area contributed by atoms with E-state index in [-0.39, 0.29) is 23.7 Å². The summed E-state index contributed by atoms with van der Waals surface area (Å²) in [5.41, 5.74) is 9.53. The third kappa shape index (κ3) is 6.42. The number of aromatic nitrogens is 2. The van der Waals surface area contributed by atoms with Crippen LogP contribution in [0.1, 0.15) is 17.0 Å². The van der Waals surface area contributed by atoms with E-state index >= 15 is 0 Å². The van der Waals surface area contributed by atoms with Gasteiger partial charge in [-0.3, -0.25) is 9.59 Å². The Hall–Kier alpha value is -4.69. The van der Waals surface area contributed by atoms with E-state index in [0.717, 1.165) is 11.1 Å². The highest BCUT2D eigenvalue weighted by molar-refractivity contribution is 6.30. The van der Waals surface area contributed by atoms with Crippen LogP contribution in [0.15, 0.2) is 97.3 Å². The topological polar surface area (TPSA) is 113 Å². The summed E-state index contributed by atoms with van der Waals surface area (Å²) in [7, 11) is 0. The Bertz CT molecular complexity index is 1480. The van der Waals surface area contributed by atoms with Crippen LogP contribution in [0.3, 0.4) is 0 Å². The van der Waals surface area contributed by atoms with Crippen LogP contribution in [0.2, 0.25) is 5.02 Å². The maximum Gasteiger partial charge on any atom is 0.248 e. The Balaban J connectivity index is 1.31. The molecule has 8 nitrogen and oxygen atoms in total. The van der Waals surface area contributed by atoms with Crippen molar-refractivity contribution < 1.29 is 9.59 Å². The summed E-state index contributed by atoms with van der Waals surface area (Å²) >= 11 is 6.00. The monoisotopic (exact) mass is 538 g/mol. The summed E-state index contributed by atoms with van der Waals surface area (Å²) in [6, 6.07) is 23.8. The number of para-hydroxylation sites is 2. The Labute approximate surface area is 231 Å². The van der Waals surface area contributed by atoms with Gasteiger partial charge in [-0.1, -0.05) is 48.0 Å². The molecule has 0 aliphatic carbocycles. The number of anilines is 4. The second kappa shape index (κ2) is 11.8. The van der Waals surface area contributed by atoms with Gasteiger partial charge in [0, 0.05) is 48.2 Å². The Morgan fingerprint density at radius 3 is 2.33 bits per heavy atom. The van der Waals surface area contributed by atoms with Gasteiger partial charge in [-0.2, -0.15) is 0 Å². The first-order chi connectivity index (χ1) is 19.0. The molecule has 1 aliphatic rings. The van der Waals surface area contributed by atoms with Gasteiger partial charge in [-0.05, 0) is 59.7 Å². The number of nitrogens with one attached hydrogen (secondary N) is 2. The maximum atomic E-state index is 13.4. The van der Waals surface area contributed by atoms with Gasteiger partial charge in [0.2, 0.25) is 17.8 Å². The van der Waals surface area contributed by atoms with Crippen LogP contribution in [0.5, 0.6) is 0 Å². The van der Waals surface area contributed by atoms with Gasteiger partial charge in [0.05, 0.1) is 17.3 Å². The lowest BCUT2D eigenvalue weighted by atomic mass is 9.88. The minimum absolute atomic E-state index is 0.0801. The molecule has 3 aromatic carbocycles. The van der Waals surface area contributed by atoms with Gasteiger partial charge in [0.25, 0.3) is 0 Å². The van der Waals surface area contributed by atoms with Crippen LogP contribution >= 0.6 is 11.6 Å². The fraction of sp³-hybridized carbons (Fsp3) is 0.133. The van der Waals surface area contributed by atoms with Crippen molar-refractivity contribution in [2.45, 2.75) is 5.92 Å². The van der Waals surface area contributed by atoms with Gasteiger partial charge >= 0.3 is 0 Å². The summed E-state index contributed by atoms with van der Waals surface area (Å²) < 4.78 is 0. The van der Waals surface area contributed by atoms with Crippen molar-refractivity contribution >= 4 is 52.5 Å². The van der Waals surface area contributed by atoms with Crippen LogP contribution in [-0.4, -0.2) is 34.9 Å². The van der Waals surface area contributed by atoms with Crippen LogP contribution in [0.25, 0.3) is 6.08 Å². The largest absolute Gasteiger partial charge is 0.397 e. The number of amides is 2. The molecule has 0 bridgehead atoms. The van der Waals surface area contributed by atoms with E-state index in [2.05, 4.69) is 20.6 Å². The van der Waals surface area contributed by atoms with Gasteiger partial charge in [0.15, 0.2) is 0 Å². The number of nitrogen functional groups attached to an aromatic ring is 1. The highest BCUT2D eigenvalue weighted by Gasteiger charge is 2.39. The zero-order valence-electron chi connectivity index (χ0n) is 21.0. The van der Waals surface area contributed by atoms with E-state index in [1.807, 2.05) is 41.3 Å². The van der Waals surface area contributed by atoms with Crippen molar-refractivity contribution in [1.29, 1.82) is 0 Å². The number of carbonyl (C=O) groups excluding carboxylic acids is 2. The maximum absolute atomic E-state index is 13.4. The number of rotatable bonds is 7. The number of benzene rings is 3. The predicted octanol–water partition coefficient (Wildman–Crippen LogP) is 5.22. The minimum Gasteiger partial charge on any atom is -0.397 e. The molecule has 2 unspecified atom stereocenters. The first-order valence-electron chi connectivity index (χ1n) is 12.5. The van der Waals surface area contributed by atoms with Crippen LogP contribution in [0, 0.1) is 5.92 Å². The number of nitrogens with zero attached hydrogens (tertiary/aromatic N) is 3. The Morgan fingerprint density at radius 2 is 1.62 bits per heavy atom. The Morgan fingerprint density at radius 1 is 0.897 bits per heavy atom. The number of nitrogens with two attached hydrogens (primary N) is 1. The molecule has 5 rings (SSSR count). The van der Waals surface area contributed by atoms with Crippen molar-refractivity contribution in [2.24, 2.45) is 5.92 Å². The molecule has 1 aromatic heterocycles. The van der Waals surface area contributed by atoms with Crippen molar-refractivity contribution in [1.82, 2.24) is 9.97 Å². The molecule has 0 radical (unpaired) electrons. The molecule has 0 spiro atoms. The quantitative estimate of drug-likeness (QED) is 0.219. The Kier molecular flexibility index (Phi) is 7.84. The summed E-state index contributed by atoms with van der Waals surface area (Å²) in [4.78, 5) is 36.5. The van der Waals surface area contributed by atoms with Gasteiger partial charge in [-0.25, -0.2) is 9.97 Å². The first kappa shape index (κ1) is 25.9. The summed E-state index contributed by atoms with van der Waals surface area (Å²) in [6.07, 6.45) is 6.60. The molecule has 2 atom stereocenters. The van der Waals surface area contributed by atoms with Crippen molar-refractivity contribution in [2.75, 3.05) is 34.4 Å². The molecule has 196 valence electrons. The SMILES string of the molecule is Nc1ccccc1NC(=O)/C=C/c1ccc(C2CN(c3ncccn3)CC2C(=O)Nc2ccc(Cl)cc2)cc1. The zero-order chi connectivity index (χ0) is 27.2. The average molecular weight is 539 g/mol. The molecule has 4 N–H and O–H groups in total. The molecule has 1 fully saturated rings. The first-order valence-corrected chi connectivity index (χ1v) is 12.9. The second-order valence-corrected chi connectivity index (χ2v) is 9.68. The lowest BCUT2D eigenvalue weighted by molar-refractivity contribution is -0.119. The van der Waals surface area contributed by atoms with E-state index in [1.54, 1.807) is 60.9 Å². The van der Waals surface area contributed by atoms with Crippen LogP contribution < -0.4 is 21.3 Å². The fourth-order valence-corrected chi connectivity index (χ4v) is 4.73. The molecule has 2 amide bonds. The van der Waals surface area contributed by atoms with Gasteiger partial charge in [0.1, 0.15) is 0 Å². The van der Waals surface area contributed by atoms with E-state index in [9.17, 15) is 9.59 Å². The molecule has 1 saturated heterocycles. The molecular weight excluding hydrogens is 512 g/mol. The summed E-state index contributed by atoms with van der Waals surface area (Å²) in [6.45, 7) is 1.08. The zero-order valence-corrected chi connectivity index (χ0v) is 21.8. The van der Waals surface area contributed by atoms with E-state index in [0.29, 0.717) is 41.1 Å². The molecule has 0 saturated carbocycles. The fourth-order valence-electron chi connectivity index (χ4n) is 4.60. The van der Waals surface area contributed by atoms with E-state index in [1.165, 1.54) is 6.08 Å². The lowest BCUT2D eigenvalue weighted by Gasteiger charge is -2.18. The van der Waals surface area contributed by atoms with Crippen LogP contribution in [0.4, 0.5) is 23.0 Å². The van der Waals surface area contributed by atoms with Gasteiger partial charge < -0.3 is 21.3 Å². The molecular formula is C30H27ClN6O2. The number of hydrogen-bond donors (Lipinski definition) is 3. The molecule has 39 heavy (non-hydrogen) atoms. The average Bonchev–Trinajstić information content (AvgIpc) is 3.41. The number of hydrogen-bond acceptors (Lipinski definition) is 6. The molecule has 2 heterocycles. The van der Waals surface area contributed by atoms with E-state index < -0.39 is 0 Å². The van der Waals surface area contributed by atoms with Gasteiger partial charge in [-0.15, -0.1) is 0 Å². The highest BCUT2D eigenvalue weighted by atomic mass is 35.5. The third-order valence-electron chi connectivity index (χ3n) is 6.61. The van der Waals surface area contributed by atoms with Crippen molar-refractivity contribution in [3.63, 3.8) is 0 Å². The summed E-state index contributed by atoms with van der Waals surface area (Å²) in [5.74, 6) is -0.169.